The first-order chi connectivity index (χ1) is 6.29. The maximum absolute atomic E-state index is 4.11. The van der Waals surface area contributed by atoms with Gasteiger partial charge >= 0.3 is 0 Å². The van der Waals surface area contributed by atoms with E-state index in [2.05, 4.69) is 23.2 Å². The highest BCUT2D eigenvalue weighted by atomic mass is 15.2. The van der Waals surface area contributed by atoms with E-state index in [9.17, 15) is 0 Å². The first-order valence-corrected chi connectivity index (χ1v) is 4.38. The normalized spacial score (nSPS) is 21.2. The molecule has 1 aromatic carbocycles. The minimum atomic E-state index is 0.179. The lowest BCUT2D eigenvalue weighted by Gasteiger charge is -2.05. The predicted octanol–water partition coefficient (Wildman–Crippen LogP) is 3.07. The summed E-state index contributed by atoms with van der Waals surface area (Å²) in [6.07, 6.45) is 0. The van der Waals surface area contributed by atoms with E-state index in [0.717, 1.165) is 11.3 Å². The van der Waals surface area contributed by atoms with E-state index in [1.165, 1.54) is 5.57 Å². The number of hydrogen-bond donors (Lipinski definition) is 0. The quantitative estimate of drug-likeness (QED) is 0.620. The molecular weight excluding hydrogens is 160 g/mol. The van der Waals surface area contributed by atoms with Gasteiger partial charge in [-0.05, 0) is 25.5 Å². The van der Waals surface area contributed by atoms with Crippen LogP contribution in [0.3, 0.4) is 0 Å². The minimum Gasteiger partial charge on any atom is -0.181 e. The van der Waals surface area contributed by atoms with Gasteiger partial charge in [-0.15, -0.1) is 0 Å². The Hall–Kier alpha value is -1.44. The van der Waals surface area contributed by atoms with Gasteiger partial charge in [0.05, 0.1) is 11.7 Å². The van der Waals surface area contributed by atoms with Crippen LogP contribution in [0.1, 0.15) is 19.4 Å². The van der Waals surface area contributed by atoms with Gasteiger partial charge in [-0.3, -0.25) is 0 Å². The molecule has 0 aliphatic carbocycles. The zero-order chi connectivity index (χ0) is 9.26. The highest BCUT2D eigenvalue weighted by Crippen LogP contribution is 2.29. The molecule has 2 rings (SSSR count). The third kappa shape index (κ3) is 1.39. The van der Waals surface area contributed by atoms with Crippen LogP contribution in [0, 0.1) is 6.07 Å². The molecule has 1 radical (unpaired) electrons. The average Bonchev–Trinajstić information content (AvgIpc) is 2.48. The lowest BCUT2D eigenvalue weighted by Crippen LogP contribution is -1.98. The van der Waals surface area contributed by atoms with E-state index in [4.69, 9.17) is 0 Å². The van der Waals surface area contributed by atoms with Crippen molar-refractivity contribution in [3.05, 3.63) is 41.6 Å². The third-order valence-corrected chi connectivity index (χ3v) is 2.19. The molecule has 0 aromatic heterocycles. The van der Waals surface area contributed by atoms with Gasteiger partial charge in [-0.1, -0.05) is 24.3 Å². The molecule has 1 unspecified atom stereocenters. The number of azo groups is 1. The van der Waals surface area contributed by atoms with Crippen molar-refractivity contribution in [1.29, 1.82) is 0 Å². The summed E-state index contributed by atoms with van der Waals surface area (Å²) in [5.41, 5.74) is 3.31. The molecule has 1 aliphatic rings. The fraction of sp³-hybridized carbons (Fsp3) is 0.273. The van der Waals surface area contributed by atoms with Crippen LogP contribution in [0.25, 0.3) is 5.57 Å². The summed E-state index contributed by atoms with van der Waals surface area (Å²) in [7, 11) is 0. The fourth-order valence-corrected chi connectivity index (χ4v) is 1.57. The second-order valence-corrected chi connectivity index (χ2v) is 3.17. The summed E-state index contributed by atoms with van der Waals surface area (Å²) in [4.78, 5) is 0. The zero-order valence-corrected chi connectivity index (χ0v) is 7.78. The van der Waals surface area contributed by atoms with E-state index < -0.39 is 0 Å². The Balaban J connectivity index is 2.44. The molecule has 1 atom stereocenters. The highest BCUT2D eigenvalue weighted by molar-refractivity contribution is 5.72. The Kier molecular flexibility index (Phi) is 1.97. The van der Waals surface area contributed by atoms with E-state index in [1.54, 1.807) is 0 Å². The summed E-state index contributed by atoms with van der Waals surface area (Å²) >= 11 is 0. The van der Waals surface area contributed by atoms with Crippen molar-refractivity contribution in [2.24, 2.45) is 10.2 Å². The molecular formula is C11H11N2. The number of hydrogen-bond acceptors (Lipinski definition) is 2. The van der Waals surface area contributed by atoms with Crippen molar-refractivity contribution in [1.82, 2.24) is 0 Å². The lowest BCUT2D eigenvalue weighted by molar-refractivity contribution is 0.904. The Labute approximate surface area is 78.0 Å². The van der Waals surface area contributed by atoms with Gasteiger partial charge < -0.3 is 0 Å². The number of nitrogens with zero attached hydrogens (tertiary/aromatic N) is 2. The second kappa shape index (κ2) is 3.13. The van der Waals surface area contributed by atoms with Gasteiger partial charge in [0.2, 0.25) is 0 Å². The van der Waals surface area contributed by atoms with Crippen molar-refractivity contribution in [2.45, 2.75) is 19.9 Å². The minimum absolute atomic E-state index is 0.179. The van der Waals surface area contributed by atoms with Crippen LogP contribution in [0.2, 0.25) is 0 Å². The molecule has 65 valence electrons. The molecule has 0 bridgehead atoms. The molecule has 0 saturated carbocycles. The molecule has 2 heteroatoms. The largest absolute Gasteiger partial charge is 0.181 e. The van der Waals surface area contributed by atoms with Crippen LogP contribution in [-0.2, 0) is 0 Å². The molecule has 13 heavy (non-hydrogen) atoms. The Bertz CT molecular complexity index is 363. The van der Waals surface area contributed by atoms with Crippen LogP contribution in [0.4, 0.5) is 0 Å². The summed E-state index contributed by atoms with van der Waals surface area (Å²) in [5, 5.41) is 8.17. The van der Waals surface area contributed by atoms with Crippen molar-refractivity contribution >= 4 is 5.57 Å². The van der Waals surface area contributed by atoms with Crippen molar-refractivity contribution in [3.8, 4) is 0 Å². The third-order valence-electron chi connectivity index (χ3n) is 2.19. The van der Waals surface area contributed by atoms with Gasteiger partial charge in [0, 0.05) is 5.57 Å². The smallest absolute Gasteiger partial charge is 0.0958 e. The Morgan fingerprint density at radius 1 is 1.38 bits per heavy atom. The van der Waals surface area contributed by atoms with Crippen molar-refractivity contribution < 1.29 is 0 Å². The van der Waals surface area contributed by atoms with Crippen molar-refractivity contribution in [2.75, 3.05) is 0 Å². The van der Waals surface area contributed by atoms with Crippen LogP contribution < -0.4 is 0 Å². The Morgan fingerprint density at radius 2 is 2.23 bits per heavy atom. The molecule has 0 N–H and O–H groups in total. The van der Waals surface area contributed by atoms with Crippen LogP contribution in [0.15, 0.2) is 40.2 Å². The maximum Gasteiger partial charge on any atom is 0.0958 e. The molecule has 0 amide bonds. The zero-order valence-electron chi connectivity index (χ0n) is 7.78. The number of allylic oxidation sites excluding steroid dienone is 1. The van der Waals surface area contributed by atoms with Gasteiger partial charge in [0.25, 0.3) is 0 Å². The monoisotopic (exact) mass is 171 g/mol. The summed E-state index contributed by atoms with van der Waals surface area (Å²) in [6, 6.07) is 11.3. The molecule has 1 heterocycles. The standard InChI is InChI=1S/C11H11N2/c1-8-11(9(2)13-12-8)10-6-4-3-5-7-10/h3-6,8H,1-2H3. The van der Waals surface area contributed by atoms with Crippen LogP contribution in [-0.4, -0.2) is 6.04 Å². The molecule has 0 spiro atoms. The summed E-state index contributed by atoms with van der Waals surface area (Å²) in [5.74, 6) is 0. The summed E-state index contributed by atoms with van der Waals surface area (Å²) < 4.78 is 0. The van der Waals surface area contributed by atoms with E-state index in [-0.39, 0.29) is 6.04 Å². The molecule has 1 aromatic rings. The first kappa shape index (κ1) is 8.17. The molecule has 1 aliphatic heterocycles. The maximum atomic E-state index is 4.11. The topological polar surface area (TPSA) is 24.7 Å². The lowest BCUT2D eigenvalue weighted by atomic mass is 9.99. The van der Waals surface area contributed by atoms with E-state index in [0.29, 0.717) is 0 Å². The van der Waals surface area contributed by atoms with E-state index in [1.807, 2.05) is 31.2 Å². The molecule has 0 saturated heterocycles. The van der Waals surface area contributed by atoms with Gasteiger partial charge in [-0.25, -0.2) is 0 Å². The first-order valence-electron chi connectivity index (χ1n) is 4.38. The van der Waals surface area contributed by atoms with Crippen molar-refractivity contribution in [3.63, 3.8) is 0 Å². The molecule has 2 nitrogen and oxygen atoms in total. The highest BCUT2D eigenvalue weighted by Gasteiger charge is 2.18. The Morgan fingerprint density at radius 3 is 2.77 bits per heavy atom. The SMILES string of the molecule is CC1=C(c2[c]cccc2)C(C)N=N1. The predicted molar refractivity (Wildman–Crippen MR) is 52.2 cm³/mol. The average molecular weight is 171 g/mol. The molecule has 0 fully saturated rings. The van der Waals surface area contributed by atoms with E-state index >= 15 is 0 Å². The summed E-state index contributed by atoms with van der Waals surface area (Å²) in [6.45, 7) is 4.04. The van der Waals surface area contributed by atoms with Crippen LogP contribution in [0.5, 0.6) is 0 Å². The van der Waals surface area contributed by atoms with Gasteiger partial charge in [0.15, 0.2) is 0 Å². The van der Waals surface area contributed by atoms with Crippen LogP contribution >= 0.6 is 0 Å². The second-order valence-electron chi connectivity index (χ2n) is 3.17. The number of benzene rings is 1. The number of rotatable bonds is 1. The fourth-order valence-electron chi connectivity index (χ4n) is 1.57. The van der Waals surface area contributed by atoms with Gasteiger partial charge in [0.1, 0.15) is 0 Å². The van der Waals surface area contributed by atoms with Gasteiger partial charge in [-0.2, -0.15) is 10.2 Å².